The molecule has 0 bridgehead atoms. The maximum absolute atomic E-state index is 12.4. The minimum atomic E-state index is -0.842. The molecule has 1 N–H and O–H groups in total. The Morgan fingerprint density at radius 2 is 2.00 bits per heavy atom. The molecule has 1 aromatic rings. The summed E-state index contributed by atoms with van der Waals surface area (Å²) in [7, 11) is 1.56. The molecule has 2 aliphatic heterocycles. The number of carbonyl (C=O) groups is 2. The van der Waals surface area contributed by atoms with Crippen molar-refractivity contribution in [1.82, 2.24) is 9.80 Å². The predicted molar refractivity (Wildman–Crippen MR) is 83.8 cm³/mol. The molecular weight excluding hydrogens is 296 g/mol. The van der Waals surface area contributed by atoms with Crippen LogP contribution in [0.1, 0.15) is 28.8 Å². The third-order valence-electron chi connectivity index (χ3n) is 4.68. The molecule has 0 aliphatic carbocycles. The standard InChI is InChI=1S/C17H22N2O4/c1-23-12-17(22)6-8-18(9-7-17)15(20)11-19-10-13-4-2-3-5-14(13)16(19)21/h2-5,22H,6-12H2,1H3. The topological polar surface area (TPSA) is 70.1 Å². The zero-order valence-corrected chi connectivity index (χ0v) is 13.3. The zero-order chi connectivity index (χ0) is 16.4. The number of methoxy groups -OCH3 is 1. The molecule has 2 aliphatic rings. The van der Waals surface area contributed by atoms with Gasteiger partial charge >= 0.3 is 0 Å². The fourth-order valence-electron chi connectivity index (χ4n) is 3.29. The molecule has 0 saturated carbocycles. The number of hydrogen-bond donors (Lipinski definition) is 1. The van der Waals surface area contributed by atoms with Gasteiger partial charge in [-0.15, -0.1) is 0 Å². The van der Waals surface area contributed by atoms with Gasteiger partial charge in [0.25, 0.3) is 5.91 Å². The summed E-state index contributed by atoms with van der Waals surface area (Å²) < 4.78 is 5.03. The van der Waals surface area contributed by atoms with E-state index in [1.165, 1.54) is 0 Å². The van der Waals surface area contributed by atoms with E-state index in [0.29, 0.717) is 38.0 Å². The molecule has 6 heteroatoms. The van der Waals surface area contributed by atoms with Crippen molar-refractivity contribution in [3.05, 3.63) is 35.4 Å². The molecule has 0 radical (unpaired) electrons. The molecule has 3 rings (SSSR count). The van der Waals surface area contributed by atoms with Crippen LogP contribution in [0.15, 0.2) is 24.3 Å². The van der Waals surface area contributed by atoms with E-state index in [4.69, 9.17) is 4.74 Å². The molecule has 0 atom stereocenters. The van der Waals surface area contributed by atoms with Gasteiger partial charge in [0.05, 0.1) is 12.2 Å². The number of amides is 2. The van der Waals surface area contributed by atoms with E-state index >= 15 is 0 Å². The van der Waals surface area contributed by atoms with E-state index in [-0.39, 0.29) is 25.0 Å². The number of likely N-dealkylation sites (tertiary alicyclic amines) is 1. The fourth-order valence-corrected chi connectivity index (χ4v) is 3.29. The number of fused-ring (bicyclic) bond motifs is 1. The molecule has 1 fully saturated rings. The van der Waals surface area contributed by atoms with E-state index in [1.54, 1.807) is 23.0 Å². The highest BCUT2D eigenvalue weighted by Gasteiger charge is 2.35. The molecule has 124 valence electrons. The zero-order valence-electron chi connectivity index (χ0n) is 13.3. The van der Waals surface area contributed by atoms with Crippen LogP contribution in [0.2, 0.25) is 0 Å². The Hall–Kier alpha value is -1.92. The van der Waals surface area contributed by atoms with Crippen molar-refractivity contribution >= 4 is 11.8 Å². The van der Waals surface area contributed by atoms with E-state index in [0.717, 1.165) is 5.56 Å². The number of aliphatic hydroxyl groups is 1. The molecule has 2 amide bonds. The van der Waals surface area contributed by atoms with Gasteiger partial charge in [0.15, 0.2) is 0 Å². The number of hydrogen-bond acceptors (Lipinski definition) is 4. The average Bonchev–Trinajstić information content (AvgIpc) is 2.84. The summed E-state index contributed by atoms with van der Waals surface area (Å²) in [6.07, 6.45) is 1.00. The summed E-state index contributed by atoms with van der Waals surface area (Å²) in [6, 6.07) is 7.46. The first-order valence-electron chi connectivity index (χ1n) is 7.89. The lowest BCUT2D eigenvalue weighted by molar-refractivity contribution is -0.138. The Morgan fingerprint density at radius 1 is 1.30 bits per heavy atom. The number of rotatable bonds is 4. The highest BCUT2D eigenvalue weighted by atomic mass is 16.5. The van der Waals surface area contributed by atoms with Gasteiger partial charge in [-0.3, -0.25) is 9.59 Å². The van der Waals surface area contributed by atoms with Crippen LogP contribution in [0.4, 0.5) is 0 Å². The van der Waals surface area contributed by atoms with Crippen LogP contribution >= 0.6 is 0 Å². The van der Waals surface area contributed by atoms with Gasteiger partial charge < -0.3 is 19.6 Å². The van der Waals surface area contributed by atoms with Crippen molar-refractivity contribution in [1.29, 1.82) is 0 Å². The van der Waals surface area contributed by atoms with Crippen molar-refractivity contribution in [3.8, 4) is 0 Å². The van der Waals surface area contributed by atoms with Gasteiger partial charge in [0.2, 0.25) is 5.91 Å². The molecule has 0 aromatic heterocycles. The van der Waals surface area contributed by atoms with Crippen LogP contribution in [-0.4, -0.2) is 65.7 Å². The second-order valence-corrected chi connectivity index (χ2v) is 6.36. The molecule has 23 heavy (non-hydrogen) atoms. The third-order valence-corrected chi connectivity index (χ3v) is 4.68. The monoisotopic (exact) mass is 318 g/mol. The molecule has 0 unspecified atom stereocenters. The highest BCUT2D eigenvalue weighted by Crippen LogP contribution is 2.24. The van der Waals surface area contributed by atoms with Crippen molar-refractivity contribution in [2.75, 3.05) is 33.4 Å². The summed E-state index contributed by atoms with van der Waals surface area (Å²) >= 11 is 0. The van der Waals surface area contributed by atoms with Crippen LogP contribution in [0.25, 0.3) is 0 Å². The van der Waals surface area contributed by atoms with Gasteiger partial charge in [0.1, 0.15) is 6.54 Å². The molecule has 1 saturated heterocycles. The van der Waals surface area contributed by atoms with E-state index in [2.05, 4.69) is 0 Å². The van der Waals surface area contributed by atoms with E-state index < -0.39 is 5.60 Å². The predicted octanol–water partition coefficient (Wildman–Crippen LogP) is 0.642. The summed E-state index contributed by atoms with van der Waals surface area (Å²) in [5, 5.41) is 10.3. The number of piperidine rings is 1. The second-order valence-electron chi connectivity index (χ2n) is 6.36. The van der Waals surface area contributed by atoms with Crippen molar-refractivity contribution < 1.29 is 19.4 Å². The smallest absolute Gasteiger partial charge is 0.254 e. The number of nitrogens with zero attached hydrogens (tertiary/aromatic N) is 2. The Labute approximate surface area is 135 Å². The normalized spacial score (nSPS) is 19.8. The maximum atomic E-state index is 12.4. The minimum absolute atomic E-state index is 0.0642. The lowest BCUT2D eigenvalue weighted by Crippen LogP contribution is -2.51. The Kier molecular flexibility index (Phi) is 4.37. The molecule has 1 aromatic carbocycles. The molecule has 6 nitrogen and oxygen atoms in total. The third kappa shape index (κ3) is 3.23. The lowest BCUT2D eigenvalue weighted by atomic mass is 9.92. The van der Waals surface area contributed by atoms with Crippen LogP contribution in [0, 0.1) is 0 Å². The lowest BCUT2D eigenvalue weighted by Gasteiger charge is -2.38. The second kappa shape index (κ2) is 6.29. The SMILES string of the molecule is COCC1(O)CCN(C(=O)CN2Cc3ccccc3C2=O)CC1. The van der Waals surface area contributed by atoms with Crippen LogP contribution in [0.3, 0.4) is 0 Å². The quantitative estimate of drug-likeness (QED) is 0.884. The van der Waals surface area contributed by atoms with Crippen LogP contribution in [-0.2, 0) is 16.1 Å². The van der Waals surface area contributed by atoms with Gasteiger partial charge in [-0.25, -0.2) is 0 Å². The summed E-state index contributed by atoms with van der Waals surface area (Å²) in [4.78, 5) is 28.0. The fraction of sp³-hybridized carbons (Fsp3) is 0.529. The first-order chi connectivity index (χ1) is 11.0. The minimum Gasteiger partial charge on any atom is -0.387 e. The van der Waals surface area contributed by atoms with Gasteiger partial charge in [0, 0.05) is 32.3 Å². The van der Waals surface area contributed by atoms with Crippen molar-refractivity contribution in [2.45, 2.75) is 25.0 Å². The van der Waals surface area contributed by atoms with E-state index in [9.17, 15) is 14.7 Å². The molecule has 2 heterocycles. The summed E-state index contributed by atoms with van der Waals surface area (Å²) in [6.45, 7) is 1.86. The summed E-state index contributed by atoms with van der Waals surface area (Å²) in [5.41, 5.74) is 0.817. The number of benzene rings is 1. The summed E-state index contributed by atoms with van der Waals surface area (Å²) in [5.74, 6) is -0.146. The number of ether oxygens (including phenoxy) is 1. The van der Waals surface area contributed by atoms with Gasteiger partial charge in [-0.1, -0.05) is 18.2 Å². The average molecular weight is 318 g/mol. The Morgan fingerprint density at radius 3 is 2.65 bits per heavy atom. The molecular formula is C17H22N2O4. The highest BCUT2D eigenvalue weighted by molar-refractivity contribution is 6.00. The van der Waals surface area contributed by atoms with Crippen LogP contribution in [0.5, 0.6) is 0 Å². The van der Waals surface area contributed by atoms with Crippen LogP contribution < -0.4 is 0 Å². The van der Waals surface area contributed by atoms with Gasteiger partial charge in [-0.05, 0) is 24.5 Å². The Balaban J connectivity index is 1.56. The van der Waals surface area contributed by atoms with Crippen molar-refractivity contribution in [2.24, 2.45) is 0 Å². The van der Waals surface area contributed by atoms with E-state index in [1.807, 2.05) is 18.2 Å². The maximum Gasteiger partial charge on any atom is 0.254 e. The first-order valence-corrected chi connectivity index (χ1v) is 7.89. The van der Waals surface area contributed by atoms with Gasteiger partial charge in [-0.2, -0.15) is 0 Å². The molecule has 0 spiro atoms. The first kappa shape index (κ1) is 16.0. The van der Waals surface area contributed by atoms with Crippen molar-refractivity contribution in [3.63, 3.8) is 0 Å². The largest absolute Gasteiger partial charge is 0.387 e. The Bertz CT molecular complexity index is 608. The number of carbonyl (C=O) groups excluding carboxylic acids is 2.